The summed E-state index contributed by atoms with van der Waals surface area (Å²) in [5.41, 5.74) is 50.1. The lowest BCUT2D eigenvalue weighted by Crippen LogP contribution is -2.26. The predicted octanol–water partition coefficient (Wildman–Crippen LogP) is 35.2. The first-order chi connectivity index (χ1) is 68.4. The van der Waals surface area contributed by atoms with Crippen molar-refractivity contribution < 1.29 is 0 Å². The summed E-state index contributed by atoms with van der Waals surface area (Å²) in [5, 5.41) is 4.93. The van der Waals surface area contributed by atoms with Gasteiger partial charge in [-0.15, -0.1) is 0 Å². The molecule has 0 saturated carbocycles. The van der Waals surface area contributed by atoms with Gasteiger partial charge < -0.3 is 18.9 Å². The number of nitrogens with zero attached hydrogens (tertiary/aromatic N) is 4. The van der Waals surface area contributed by atoms with Gasteiger partial charge in [0.1, 0.15) is 0 Å². The Morgan fingerprint density at radius 2 is 0.384 bits per heavy atom. The first-order valence-electron chi connectivity index (χ1n) is 47.9. The summed E-state index contributed by atoms with van der Waals surface area (Å²) in [4.78, 5) is 4.79. The minimum Gasteiger partial charge on any atom is -0.311 e. The molecular weight excluding hydrogens is 1670 g/mol. The van der Waals surface area contributed by atoms with E-state index in [1.807, 2.05) is 0 Å². The van der Waals surface area contributed by atoms with Crippen molar-refractivity contribution in [3.8, 4) is 134 Å². The fraction of sp³-hybridized carbons (Fsp3) is 0.0149. The maximum atomic E-state index is 2.44. The van der Waals surface area contributed by atoms with Gasteiger partial charge in [-0.05, 0) is 306 Å². The molecule has 4 nitrogen and oxygen atoms in total. The number of anilines is 6. The Balaban J connectivity index is 0.473. The van der Waals surface area contributed by atoms with E-state index in [2.05, 4.69) is 541 Å². The van der Waals surface area contributed by atoms with Crippen LogP contribution in [0.4, 0.5) is 34.1 Å². The van der Waals surface area contributed by atoms with Crippen LogP contribution in [0, 0.1) is 0 Å². The van der Waals surface area contributed by atoms with Crippen molar-refractivity contribution >= 4 is 77.7 Å². The molecule has 0 fully saturated rings. The second-order valence-electron chi connectivity index (χ2n) is 37.2. The molecule has 0 unspecified atom stereocenters. The summed E-state index contributed by atoms with van der Waals surface area (Å²) in [7, 11) is 0. The fourth-order valence-electron chi connectivity index (χ4n) is 24.1. The number of hydrogen-bond donors (Lipinski definition) is 0. The van der Waals surface area contributed by atoms with Crippen molar-refractivity contribution in [3.63, 3.8) is 0 Å². The standard InChI is InChI=1S/C134H86N4/c1-2-24-87(25-3-1)88-48-66-100(67-49-88)136(105-80-62-95(63-81-105)108-37-23-38-118-113-32-8-18-44-126(113)134(132(108)118)124-42-16-6-30-111(124)112-31-7-17-43-125(112)134)102-70-52-90(53-71-102)92-56-78-107(79-57-92)138-130-47-21-12-36-117(130)120-86-99(65-83-131(120)138)97-27-22-26-96(84-97)93-58-72-103(73-59-93)135(101-68-50-89(51-69-101)91-54-76-106(77-55-91)137-128-45-19-10-34-115(128)116-35-11-20-46-129(116)137)104-74-60-94(61-75-104)98-64-82-127-119(85-98)114-33-9-15-41-123(114)133(127)121-39-13-4-28-109(121)110-29-5-14-40-122(110)133/h1-86H. The van der Waals surface area contributed by atoms with Crippen LogP contribution >= 0.6 is 0 Å². The van der Waals surface area contributed by atoms with Gasteiger partial charge in [-0.2, -0.15) is 0 Å². The zero-order chi connectivity index (χ0) is 90.7. The molecular formula is C134H86N4. The molecule has 0 aliphatic heterocycles. The number of benzene rings is 22. The summed E-state index contributed by atoms with van der Waals surface area (Å²) >= 11 is 0. The van der Waals surface area contributed by atoms with Gasteiger partial charge >= 0.3 is 0 Å². The molecule has 138 heavy (non-hydrogen) atoms. The van der Waals surface area contributed by atoms with E-state index in [9.17, 15) is 0 Å². The molecule has 2 spiro atoms. The monoisotopic (exact) mass is 1750 g/mol. The number of hydrogen-bond acceptors (Lipinski definition) is 2. The summed E-state index contributed by atoms with van der Waals surface area (Å²) in [6.45, 7) is 0. The number of rotatable bonds is 15. The molecule has 2 aromatic heterocycles. The topological polar surface area (TPSA) is 16.3 Å². The average Bonchev–Trinajstić information content (AvgIpc) is 1.50. The maximum Gasteiger partial charge on any atom is 0.0731 e. The first kappa shape index (κ1) is 78.7. The Hall–Kier alpha value is -18.0. The highest BCUT2D eigenvalue weighted by Crippen LogP contribution is 2.66. The molecule has 0 radical (unpaired) electrons. The van der Waals surface area contributed by atoms with Crippen molar-refractivity contribution in [1.82, 2.24) is 9.13 Å². The zero-order valence-electron chi connectivity index (χ0n) is 75.4. The molecule has 28 rings (SSSR count). The van der Waals surface area contributed by atoms with Gasteiger partial charge in [0.25, 0.3) is 0 Å². The van der Waals surface area contributed by atoms with Gasteiger partial charge in [-0.1, -0.05) is 382 Å². The molecule has 4 aliphatic carbocycles. The Morgan fingerprint density at radius 3 is 0.797 bits per heavy atom. The van der Waals surface area contributed by atoms with Gasteiger partial charge in [0.15, 0.2) is 0 Å². The van der Waals surface area contributed by atoms with Crippen molar-refractivity contribution in [3.05, 3.63) is 566 Å². The van der Waals surface area contributed by atoms with Crippen LogP contribution in [-0.4, -0.2) is 9.13 Å². The number of fused-ring (bicyclic) bond motifs is 26. The van der Waals surface area contributed by atoms with Crippen molar-refractivity contribution in [2.24, 2.45) is 0 Å². The number of para-hydroxylation sites is 3. The predicted molar refractivity (Wildman–Crippen MR) is 575 cm³/mol. The normalized spacial score (nSPS) is 12.9. The Morgan fingerprint density at radius 1 is 0.138 bits per heavy atom. The third-order valence-corrected chi connectivity index (χ3v) is 30.2. The highest BCUT2D eigenvalue weighted by atomic mass is 15.1. The molecule has 0 N–H and O–H groups in total. The van der Waals surface area contributed by atoms with E-state index in [1.165, 1.54) is 149 Å². The lowest BCUT2D eigenvalue weighted by molar-refractivity contribution is 0.794. The van der Waals surface area contributed by atoms with Crippen LogP contribution in [0.15, 0.2) is 522 Å². The summed E-state index contributed by atoms with van der Waals surface area (Å²) in [5.74, 6) is 0. The van der Waals surface area contributed by atoms with Crippen molar-refractivity contribution in [2.75, 3.05) is 9.80 Å². The second kappa shape index (κ2) is 31.3. The third kappa shape index (κ3) is 12.0. The van der Waals surface area contributed by atoms with Crippen LogP contribution in [0.25, 0.3) is 177 Å². The quantitative estimate of drug-likeness (QED) is 0.102. The molecule has 4 heteroatoms. The van der Waals surface area contributed by atoms with Crippen molar-refractivity contribution in [1.29, 1.82) is 0 Å². The molecule has 4 aliphatic rings. The number of aromatic nitrogens is 2. The van der Waals surface area contributed by atoms with Gasteiger partial charge in [0, 0.05) is 67.0 Å². The van der Waals surface area contributed by atoms with E-state index in [0.717, 1.165) is 107 Å². The average molecular weight is 1750 g/mol. The van der Waals surface area contributed by atoms with Crippen LogP contribution in [-0.2, 0) is 10.8 Å². The SMILES string of the molecule is c1ccc(-c2ccc(N(c3ccc(-c4ccc(-n5c6ccccc6c6cc(-c7cccc(-c8ccc(N(c9ccc(-c%10ccc(-n%11c%12ccccc%12c%12ccccc%12%11)cc%10)cc9)c9ccc(-c%10ccc%11c(c%10)-c%10ccccc%10C%11%10c%11ccccc%11-c%11ccccc%11%10)cc9)cc8)c7)ccc65)cc4)cc3)c3ccc(-c4cccc5c4C4(c6ccccc6-c6ccccc64)c4ccccc4-5)cc3)cc2)cc1. The molecule has 22 aromatic carbocycles. The van der Waals surface area contributed by atoms with Gasteiger partial charge in [0.05, 0.1) is 32.9 Å². The smallest absolute Gasteiger partial charge is 0.0731 e. The van der Waals surface area contributed by atoms with Gasteiger partial charge in [-0.25, -0.2) is 0 Å². The van der Waals surface area contributed by atoms with E-state index >= 15 is 0 Å². The summed E-state index contributed by atoms with van der Waals surface area (Å²) < 4.78 is 4.81. The van der Waals surface area contributed by atoms with E-state index in [0.29, 0.717) is 0 Å². The van der Waals surface area contributed by atoms with Crippen molar-refractivity contribution in [2.45, 2.75) is 10.8 Å². The molecule has 642 valence electrons. The molecule has 0 bridgehead atoms. The van der Waals surface area contributed by atoms with Crippen LogP contribution in [0.5, 0.6) is 0 Å². The maximum absolute atomic E-state index is 2.44. The highest BCUT2D eigenvalue weighted by Gasteiger charge is 2.54. The second-order valence-corrected chi connectivity index (χ2v) is 37.2. The summed E-state index contributed by atoms with van der Waals surface area (Å²) in [6.07, 6.45) is 0. The van der Waals surface area contributed by atoms with E-state index < -0.39 is 10.8 Å². The molecule has 0 atom stereocenters. The summed E-state index contributed by atoms with van der Waals surface area (Å²) in [6, 6.07) is 195. The first-order valence-corrected chi connectivity index (χ1v) is 47.9. The van der Waals surface area contributed by atoms with Crippen LogP contribution in [0.1, 0.15) is 44.5 Å². The van der Waals surface area contributed by atoms with Crippen LogP contribution < -0.4 is 9.80 Å². The van der Waals surface area contributed by atoms with Crippen LogP contribution in [0.3, 0.4) is 0 Å². The van der Waals surface area contributed by atoms with Gasteiger partial charge in [0.2, 0.25) is 0 Å². The largest absolute Gasteiger partial charge is 0.311 e. The molecule has 0 amide bonds. The Labute approximate surface area is 801 Å². The lowest BCUT2D eigenvalue weighted by atomic mass is 9.68. The minimum absolute atomic E-state index is 0.391. The minimum atomic E-state index is -0.461. The van der Waals surface area contributed by atoms with E-state index in [1.54, 1.807) is 0 Å². The molecule has 24 aromatic rings. The lowest BCUT2D eigenvalue weighted by Gasteiger charge is -2.32. The van der Waals surface area contributed by atoms with E-state index in [4.69, 9.17) is 0 Å². The highest BCUT2D eigenvalue weighted by molar-refractivity contribution is 6.12. The molecule has 2 heterocycles. The molecule has 0 saturated heterocycles. The van der Waals surface area contributed by atoms with Crippen LogP contribution in [0.2, 0.25) is 0 Å². The zero-order valence-corrected chi connectivity index (χ0v) is 75.4. The fourth-order valence-corrected chi connectivity index (χ4v) is 24.1. The third-order valence-electron chi connectivity index (χ3n) is 30.2. The Kier molecular flexibility index (Phi) is 17.9. The Bertz CT molecular complexity index is 8850. The van der Waals surface area contributed by atoms with E-state index in [-0.39, 0.29) is 0 Å². The van der Waals surface area contributed by atoms with Gasteiger partial charge in [-0.3, -0.25) is 0 Å².